The number of quaternary nitrogens is 1. The van der Waals surface area contributed by atoms with Gasteiger partial charge in [0.05, 0.1) is 20.1 Å². The number of unbranched alkanes of at least 4 members (excludes halogenated alkanes) is 29. The maximum absolute atomic E-state index is 13.2. The molecule has 0 bridgehead atoms. The summed E-state index contributed by atoms with van der Waals surface area (Å²) in [7, 11) is 2.49. The summed E-state index contributed by atoms with van der Waals surface area (Å²) < 4.78 is 7.48. The van der Waals surface area contributed by atoms with Crippen LogP contribution in [0.4, 0.5) is 0 Å². The molecule has 0 spiro atoms. The number of likely N-dealkylation sites (N-methyl/N-ethyl adjacent to an activating group) is 1. The predicted molar refractivity (Wildman–Crippen MR) is 215 cm³/mol. The molecule has 288 valence electrons. The molecule has 1 unspecified atom stereocenters. The fraction of sp³-hybridized carbons (Fsp3) is 0.978. The maximum atomic E-state index is 13.2. The normalized spacial score (nSPS) is 12.5. The van der Waals surface area contributed by atoms with Gasteiger partial charge in [0, 0.05) is 6.42 Å². The van der Waals surface area contributed by atoms with Crippen molar-refractivity contribution in [2.24, 2.45) is 0 Å². The molecule has 0 saturated heterocycles. The van der Waals surface area contributed by atoms with Gasteiger partial charge in [0.1, 0.15) is 6.54 Å². The standard InChI is InChI=1S/C45H92NO2/c1-6-10-14-18-22-24-25-26-28-29-31-35-39-44(48-45(47)40-36-32-30-27-23-19-15-11-7-2)43-46(5,41-37-33-20-16-12-8-3)42-38-34-21-17-13-9-4/h44H,6-43H2,1-5H3/q+1. The van der Waals surface area contributed by atoms with Crippen LogP contribution in [0, 0.1) is 0 Å². The fourth-order valence-corrected chi connectivity index (χ4v) is 7.56. The van der Waals surface area contributed by atoms with E-state index in [4.69, 9.17) is 4.74 Å². The van der Waals surface area contributed by atoms with Crippen LogP contribution >= 0.6 is 0 Å². The van der Waals surface area contributed by atoms with Gasteiger partial charge in [0.15, 0.2) is 6.10 Å². The van der Waals surface area contributed by atoms with Crippen molar-refractivity contribution in [3.05, 3.63) is 0 Å². The van der Waals surface area contributed by atoms with Gasteiger partial charge in [0.25, 0.3) is 0 Å². The van der Waals surface area contributed by atoms with Crippen molar-refractivity contribution in [1.29, 1.82) is 0 Å². The van der Waals surface area contributed by atoms with Gasteiger partial charge in [-0.2, -0.15) is 0 Å². The van der Waals surface area contributed by atoms with Crippen molar-refractivity contribution in [3.8, 4) is 0 Å². The lowest BCUT2D eigenvalue weighted by molar-refractivity contribution is -0.912. The number of hydrogen-bond acceptors (Lipinski definition) is 2. The summed E-state index contributed by atoms with van der Waals surface area (Å²) in [6, 6.07) is 0. The summed E-state index contributed by atoms with van der Waals surface area (Å²) in [5.41, 5.74) is 0. The molecule has 0 aliphatic carbocycles. The Labute approximate surface area is 304 Å². The molecule has 3 nitrogen and oxygen atoms in total. The van der Waals surface area contributed by atoms with E-state index in [2.05, 4.69) is 34.7 Å². The van der Waals surface area contributed by atoms with Crippen LogP contribution in [0.3, 0.4) is 0 Å². The van der Waals surface area contributed by atoms with Gasteiger partial charge in [-0.15, -0.1) is 0 Å². The minimum absolute atomic E-state index is 0.0764. The Bertz CT molecular complexity index is 618. The lowest BCUT2D eigenvalue weighted by Gasteiger charge is -2.37. The molecule has 0 aromatic heterocycles. The highest BCUT2D eigenvalue weighted by molar-refractivity contribution is 5.69. The van der Waals surface area contributed by atoms with Crippen molar-refractivity contribution >= 4 is 5.97 Å². The van der Waals surface area contributed by atoms with Gasteiger partial charge in [-0.3, -0.25) is 4.79 Å². The molecular weight excluding hydrogens is 587 g/mol. The highest BCUT2D eigenvalue weighted by Gasteiger charge is 2.28. The van der Waals surface area contributed by atoms with E-state index in [0.29, 0.717) is 6.42 Å². The maximum Gasteiger partial charge on any atom is 0.306 e. The Hall–Kier alpha value is -0.570. The molecule has 0 N–H and O–H groups in total. The summed E-state index contributed by atoms with van der Waals surface area (Å²) in [6.45, 7) is 12.7. The molecule has 0 aliphatic rings. The fourth-order valence-electron chi connectivity index (χ4n) is 7.56. The second-order valence-electron chi connectivity index (χ2n) is 16.2. The van der Waals surface area contributed by atoms with Crippen LogP contribution in [0.5, 0.6) is 0 Å². The number of ether oxygens (including phenoxy) is 1. The first kappa shape index (κ1) is 47.4. The number of rotatable bonds is 40. The minimum atomic E-state index is 0.0764. The van der Waals surface area contributed by atoms with Crippen LogP contribution < -0.4 is 0 Å². The summed E-state index contributed by atoms with van der Waals surface area (Å²) in [5, 5.41) is 0. The molecule has 0 radical (unpaired) electrons. The van der Waals surface area contributed by atoms with Gasteiger partial charge in [-0.05, 0) is 44.9 Å². The molecule has 48 heavy (non-hydrogen) atoms. The van der Waals surface area contributed by atoms with Crippen molar-refractivity contribution in [2.45, 2.75) is 259 Å². The zero-order valence-corrected chi connectivity index (χ0v) is 34.2. The SMILES string of the molecule is CCCCCCCCCCCCCCC(C[N+](C)(CCCCCCCC)CCCCCCCC)OC(=O)CCCCCCCCCCC. The molecule has 0 rings (SSSR count). The summed E-state index contributed by atoms with van der Waals surface area (Å²) in [6.07, 6.45) is 46.1. The van der Waals surface area contributed by atoms with E-state index in [-0.39, 0.29) is 12.1 Å². The number of esters is 1. The van der Waals surface area contributed by atoms with E-state index in [9.17, 15) is 4.79 Å². The Balaban J connectivity index is 4.90. The average molecular weight is 679 g/mol. The number of hydrogen-bond donors (Lipinski definition) is 0. The predicted octanol–water partition coefficient (Wildman–Crippen LogP) is 15.1. The molecule has 3 heteroatoms. The molecule has 0 fully saturated rings. The second kappa shape index (κ2) is 37.7. The van der Waals surface area contributed by atoms with E-state index >= 15 is 0 Å². The number of carbonyl (C=O) groups excluding carboxylic acids is 1. The van der Waals surface area contributed by atoms with Crippen molar-refractivity contribution < 1.29 is 14.0 Å². The van der Waals surface area contributed by atoms with Crippen molar-refractivity contribution in [3.63, 3.8) is 0 Å². The van der Waals surface area contributed by atoms with Gasteiger partial charge in [0.2, 0.25) is 0 Å². The van der Waals surface area contributed by atoms with Crippen LogP contribution in [-0.4, -0.2) is 43.2 Å². The molecule has 0 heterocycles. The number of nitrogens with zero attached hydrogens (tertiary/aromatic N) is 1. The van der Waals surface area contributed by atoms with E-state index in [1.807, 2.05) is 0 Å². The zero-order valence-electron chi connectivity index (χ0n) is 34.2. The molecule has 0 saturated carbocycles. The third-order valence-corrected chi connectivity index (χ3v) is 10.9. The Morgan fingerprint density at radius 3 is 1.06 bits per heavy atom. The van der Waals surface area contributed by atoms with Crippen molar-refractivity contribution in [1.82, 2.24) is 0 Å². The van der Waals surface area contributed by atoms with Crippen LogP contribution in [0.15, 0.2) is 0 Å². The molecule has 0 aromatic rings. The van der Waals surface area contributed by atoms with Crippen LogP contribution in [0.25, 0.3) is 0 Å². The molecule has 1 atom stereocenters. The summed E-state index contributed by atoms with van der Waals surface area (Å²) >= 11 is 0. The van der Waals surface area contributed by atoms with Crippen LogP contribution in [-0.2, 0) is 9.53 Å². The van der Waals surface area contributed by atoms with Crippen LogP contribution in [0.1, 0.15) is 252 Å². The molecular formula is C45H92NO2+. The van der Waals surface area contributed by atoms with Crippen LogP contribution in [0.2, 0.25) is 0 Å². The topological polar surface area (TPSA) is 26.3 Å². The third kappa shape index (κ3) is 33.9. The first-order valence-corrected chi connectivity index (χ1v) is 22.5. The first-order valence-electron chi connectivity index (χ1n) is 22.5. The van der Waals surface area contributed by atoms with E-state index in [1.165, 1.54) is 219 Å². The van der Waals surface area contributed by atoms with Gasteiger partial charge < -0.3 is 9.22 Å². The Morgan fingerprint density at radius 1 is 0.417 bits per heavy atom. The first-order chi connectivity index (χ1) is 23.5. The quantitative estimate of drug-likeness (QED) is 0.0366. The lowest BCUT2D eigenvalue weighted by atomic mass is 10.0. The number of carbonyl (C=O) groups is 1. The largest absolute Gasteiger partial charge is 0.456 e. The van der Waals surface area contributed by atoms with Gasteiger partial charge >= 0.3 is 5.97 Å². The summed E-state index contributed by atoms with van der Waals surface area (Å²) in [4.78, 5) is 13.2. The Kier molecular flexibility index (Phi) is 37.2. The second-order valence-corrected chi connectivity index (χ2v) is 16.2. The third-order valence-electron chi connectivity index (χ3n) is 10.9. The van der Waals surface area contributed by atoms with Gasteiger partial charge in [-0.1, -0.05) is 201 Å². The average Bonchev–Trinajstić information content (AvgIpc) is 3.07. The Morgan fingerprint density at radius 2 is 0.708 bits per heavy atom. The van der Waals surface area contributed by atoms with Crippen molar-refractivity contribution in [2.75, 3.05) is 26.7 Å². The monoisotopic (exact) mass is 679 g/mol. The molecule has 0 aromatic carbocycles. The summed E-state index contributed by atoms with van der Waals surface area (Å²) in [5.74, 6) is 0.0764. The lowest BCUT2D eigenvalue weighted by Crippen LogP contribution is -2.51. The molecule has 0 amide bonds. The van der Waals surface area contributed by atoms with E-state index in [0.717, 1.165) is 23.9 Å². The van der Waals surface area contributed by atoms with Gasteiger partial charge in [-0.25, -0.2) is 0 Å². The highest BCUT2D eigenvalue weighted by Crippen LogP contribution is 2.20. The highest BCUT2D eigenvalue weighted by atomic mass is 16.5. The zero-order chi connectivity index (χ0) is 35.2. The minimum Gasteiger partial charge on any atom is -0.456 e. The smallest absolute Gasteiger partial charge is 0.306 e. The molecule has 0 aliphatic heterocycles. The van der Waals surface area contributed by atoms with E-state index < -0.39 is 0 Å². The van der Waals surface area contributed by atoms with E-state index in [1.54, 1.807) is 0 Å².